The molecule has 0 aliphatic carbocycles. The lowest BCUT2D eigenvalue weighted by molar-refractivity contribution is -0.118. The van der Waals surface area contributed by atoms with E-state index in [1.54, 1.807) is 0 Å². The maximum atomic E-state index is 11.5. The van der Waals surface area contributed by atoms with Crippen LogP contribution in [-0.4, -0.2) is 12.5 Å². The zero-order chi connectivity index (χ0) is 10.1. The Morgan fingerprint density at radius 2 is 2.21 bits per heavy atom. The van der Waals surface area contributed by atoms with Crippen LogP contribution in [0.3, 0.4) is 0 Å². The number of fused-ring (bicyclic) bond motifs is 1. The van der Waals surface area contributed by atoms with Gasteiger partial charge in [0, 0.05) is 11.0 Å². The van der Waals surface area contributed by atoms with E-state index in [2.05, 4.69) is 26.6 Å². The number of benzene rings is 1. The van der Waals surface area contributed by atoms with Crippen LogP contribution in [0.25, 0.3) is 0 Å². The number of carbonyl (C=O) groups excluding carboxylic acids is 1. The maximum Gasteiger partial charge on any atom is 0.229 e. The van der Waals surface area contributed by atoms with Crippen LogP contribution >= 0.6 is 15.9 Å². The number of amides is 1. The van der Waals surface area contributed by atoms with Gasteiger partial charge in [0.1, 0.15) is 0 Å². The molecule has 0 saturated carbocycles. The first-order chi connectivity index (χ1) is 6.66. The summed E-state index contributed by atoms with van der Waals surface area (Å²) < 4.78 is 0.966. The van der Waals surface area contributed by atoms with Crippen molar-refractivity contribution in [3.8, 4) is 0 Å². The third-order valence-electron chi connectivity index (χ3n) is 2.29. The molecule has 0 fully saturated rings. The second-order valence-corrected chi connectivity index (χ2v) is 4.38. The van der Waals surface area contributed by atoms with Crippen molar-refractivity contribution in [1.29, 1.82) is 0 Å². The molecule has 1 heterocycles. The topological polar surface area (TPSA) is 41.1 Å². The molecule has 1 aromatic rings. The number of rotatable bonds is 0. The van der Waals surface area contributed by atoms with E-state index in [0.717, 1.165) is 15.8 Å². The van der Waals surface area contributed by atoms with Gasteiger partial charge < -0.3 is 10.6 Å². The molecule has 4 heteroatoms. The van der Waals surface area contributed by atoms with E-state index in [-0.39, 0.29) is 11.8 Å². The average Bonchev–Trinajstić information content (AvgIpc) is 2.27. The van der Waals surface area contributed by atoms with Gasteiger partial charge in [0.05, 0.1) is 17.3 Å². The fourth-order valence-corrected chi connectivity index (χ4v) is 1.75. The second kappa shape index (κ2) is 3.61. The maximum absolute atomic E-state index is 11.5. The quantitative estimate of drug-likeness (QED) is 0.747. The summed E-state index contributed by atoms with van der Waals surface area (Å²) >= 11 is 3.37. The summed E-state index contributed by atoms with van der Waals surface area (Å²) in [6.07, 6.45) is 0. The Morgan fingerprint density at radius 1 is 1.43 bits per heavy atom. The predicted octanol–water partition coefficient (Wildman–Crippen LogP) is 2.45. The standard InChI is InChI=1S/C10H11BrN2O/c1-6-5-12-8-3-2-7(11)4-9(8)13-10(6)14/h2-4,6,12H,5H2,1H3,(H,13,14). The summed E-state index contributed by atoms with van der Waals surface area (Å²) in [5.74, 6) is 0.0653. The minimum atomic E-state index is 0.00109. The van der Waals surface area contributed by atoms with Gasteiger partial charge in [0.25, 0.3) is 0 Å². The SMILES string of the molecule is CC1CNc2ccc(Br)cc2NC1=O. The van der Waals surface area contributed by atoms with E-state index in [4.69, 9.17) is 0 Å². The highest BCUT2D eigenvalue weighted by Gasteiger charge is 2.18. The Kier molecular flexibility index (Phi) is 2.46. The molecule has 0 saturated heterocycles. The summed E-state index contributed by atoms with van der Waals surface area (Å²) in [5, 5.41) is 6.11. The third kappa shape index (κ3) is 1.75. The number of hydrogen-bond donors (Lipinski definition) is 2. The lowest BCUT2D eigenvalue weighted by Gasteiger charge is -2.06. The summed E-state index contributed by atoms with van der Waals surface area (Å²) in [7, 11) is 0. The predicted molar refractivity (Wildman–Crippen MR) is 60.4 cm³/mol. The molecular weight excluding hydrogens is 244 g/mol. The Bertz CT molecular complexity index is 378. The van der Waals surface area contributed by atoms with Crippen molar-refractivity contribution in [2.75, 3.05) is 17.2 Å². The lowest BCUT2D eigenvalue weighted by Crippen LogP contribution is -2.22. The second-order valence-electron chi connectivity index (χ2n) is 3.46. The molecule has 1 aliphatic rings. The third-order valence-corrected chi connectivity index (χ3v) is 2.78. The van der Waals surface area contributed by atoms with Crippen LogP contribution in [0, 0.1) is 5.92 Å². The molecule has 2 N–H and O–H groups in total. The van der Waals surface area contributed by atoms with Crippen LogP contribution < -0.4 is 10.6 Å². The Labute approximate surface area is 91.0 Å². The molecule has 1 aromatic carbocycles. The van der Waals surface area contributed by atoms with Crippen LogP contribution in [-0.2, 0) is 4.79 Å². The molecule has 0 spiro atoms. The lowest BCUT2D eigenvalue weighted by atomic mass is 10.2. The highest BCUT2D eigenvalue weighted by Crippen LogP contribution is 2.28. The van der Waals surface area contributed by atoms with Gasteiger partial charge >= 0.3 is 0 Å². The molecule has 1 aliphatic heterocycles. The molecule has 0 radical (unpaired) electrons. The van der Waals surface area contributed by atoms with Crippen molar-refractivity contribution in [2.45, 2.75) is 6.92 Å². The van der Waals surface area contributed by atoms with Gasteiger partial charge in [-0.05, 0) is 18.2 Å². The smallest absolute Gasteiger partial charge is 0.229 e. The number of nitrogens with one attached hydrogen (secondary N) is 2. The molecule has 0 aromatic heterocycles. The van der Waals surface area contributed by atoms with Crippen LogP contribution in [0.2, 0.25) is 0 Å². The zero-order valence-electron chi connectivity index (χ0n) is 7.80. The van der Waals surface area contributed by atoms with Gasteiger partial charge in [0.15, 0.2) is 0 Å². The fraction of sp³-hybridized carbons (Fsp3) is 0.300. The van der Waals surface area contributed by atoms with E-state index < -0.39 is 0 Å². The molecule has 74 valence electrons. The first-order valence-electron chi connectivity index (χ1n) is 4.51. The van der Waals surface area contributed by atoms with Crippen LogP contribution in [0.1, 0.15) is 6.92 Å². The average molecular weight is 255 g/mol. The summed E-state index contributed by atoms with van der Waals surface area (Å²) in [4.78, 5) is 11.5. The van der Waals surface area contributed by atoms with E-state index in [9.17, 15) is 4.79 Å². The van der Waals surface area contributed by atoms with Crippen LogP contribution in [0.5, 0.6) is 0 Å². The largest absolute Gasteiger partial charge is 0.383 e. The first kappa shape index (κ1) is 9.52. The molecule has 1 atom stereocenters. The van der Waals surface area contributed by atoms with Gasteiger partial charge in [0.2, 0.25) is 5.91 Å². The minimum Gasteiger partial charge on any atom is -0.383 e. The van der Waals surface area contributed by atoms with Gasteiger partial charge in [-0.3, -0.25) is 4.79 Å². The number of anilines is 2. The highest BCUT2D eigenvalue weighted by atomic mass is 79.9. The minimum absolute atomic E-state index is 0.00109. The van der Waals surface area contributed by atoms with Crippen molar-refractivity contribution in [1.82, 2.24) is 0 Å². The molecule has 0 bridgehead atoms. The van der Waals surface area contributed by atoms with E-state index in [1.165, 1.54) is 0 Å². The summed E-state index contributed by atoms with van der Waals surface area (Å²) in [6.45, 7) is 2.59. The zero-order valence-corrected chi connectivity index (χ0v) is 9.39. The van der Waals surface area contributed by atoms with E-state index in [0.29, 0.717) is 6.54 Å². The summed E-state index contributed by atoms with van der Waals surface area (Å²) in [6, 6.07) is 5.81. The number of halogens is 1. The molecule has 1 unspecified atom stereocenters. The molecule has 14 heavy (non-hydrogen) atoms. The molecular formula is C10H11BrN2O. The van der Waals surface area contributed by atoms with Gasteiger partial charge in [-0.2, -0.15) is 0 Å². The van der Waals surface area contributed by atoms with Crippen molar-refractivity contribution < 1.29 is 4.79 Å². The Balaban J connectivity index is 2.38. The van der Waals surface area contributed by atoms with Gasteiger partial charge in [-0.15, -0.1) is 0 Å². The van der Waals surface area contributed by atoms with Crippen molar-refractivity contribution in [2.24, 2.45) is 5.92 Å². The first-order valence-corrected chi connectivity index (χ1v) is 5.30. The van der Waals surface area contributed by atoms with Crippen LogP contribution in [0.4, 0.5) is 11.4 Å². The fourth-order valence-electron chi connectivity index (χ4n) is 1.39. The Hall–Kier alpha value is -1.03. The van der Waals surface area contributed by atoms with E-state index in [1.807, 2.05) is 25.1 Å². The molecule has 1 amide bonds. The monoisotopic (exact) mass is 254 g/mol. The number of hydrogen-bond acceptors (Lipinski definition) is 2. The summed E-state index contributed by atoms with van der Waals surface area (Å²) in [5.41, 5.74) is 1.82. The highest BCUT2D eigenvalue weighted by molar-refractivity contribution is 9.10. The van der Waals surface area contributed by atoms with Gasteiger partial charge in [-0.25, -0.2) is 0 Å². The normalized spacial score (nSPS) is 20.4. The van der Waals surface area contributed by atoms with E-state index >= 15 is 0 Å². The Morgan fingerprint density at radius 3 is 3.00 bits per heavy atom. The van der Waals surface area contributed by atoms with Gasteiger partial charge in [-0.1, -0.05) is 22.9 Å². The van der Waals surface area contributed by atoms with Crippen molar-refractivity contribution in [3.05, 3.63) is 22.7 Å². The van der Waals surface area contributed by atoms with Crippen molar-refractivity contribution >= 4 is 33.2 Å². The van der Waals surface area contributed by atoms with Crippen molar-refractivity contribution in [3.63, 3.8) is 0 Å². The van der Waals surface area contributed by atoms with Crippen LogP contribution in [0.15, 0.2) is 22.7 Å². The molecule has 3 nitrogen and oxygen atoms in total. The number of carbonyl (C=O) groups is 1. The molecule has 2 rings (SSSR count).